The standard InChI is InChI=1S/CH8O3SSi2/c1-5(2,3)7-4-6/h7H2,1,6H3. The minimum absolute atomic E-state index is 0.552. The van der Waals surface area contributed by atoms with Crippen molar-refractivity contribution in [1.29, 1.82) is 0 Å². The molecule has 7 heavy (non-hydrogen) atoms. The van der Waals surface area contributed by atoms with Crippen molar-refractivity contribution in [2.45, 2.75) is 0 Å². The highest BCUT2D eigenvalue weighted by Gasteiger charge is 1.98. The Morgan fingerprint density at radius 2 is 2.14 bits per heavy atom. The lowest BCUT2D eigenvalue weighted by Gasteiger charge is -1.89. The fourth-order valence-corrected chi connectivity index (χ4v) is 5.78. The molecule has 0 rings (SSSR count). The molecule has 0 atom stereocenters. The van der Waals surface area contributed by atoms with Gasteiger partial charge in [-0.2, -0.15) is 0 Å². The van der Waals surface area contributed by atoms with E-state index >= 15 is 0 Å². The van der Waals surface area contributed by atoms with Crippen molar-refractivity contribution in [2.24, 2.45) is 0 Å². The van der Waals surface area contributed by atoms with Gasteiger partial charge in [0.05, 0.1) is 0 Å². The second-order valence-corrected chi connectivity index (χ2v) is 9.58. The zero-order valence-electron chi connectivity index (χ0n) is 4.34. The molecule has 0 aliphatic rings. The predicted octanol–water partition coefficient (Wildman–Crippen LogP) is -2.67. The van der Waals surface area contributed by atoms with Gasteiger partial charge in [-0.3, -0.25) is 0 Å². The summed E-state index contributed by atoms with van der Waals surface area (Å²) in [7, 11) is -3.38. The smallest absolute Gasteiger partial charge is 0.286 e. The van der Waals surface area contributed by atoms with Crippen LogP contribution in [0.15, 0.2) is 0 Å². The van der Waals surface area contributed by atoms with E-state index in [4.69, 9.17) is 0 Å². The predicted molar refractivity (Wildman–Crippen MR) is 34.4 cm³/mol. The summed E-state index contributed by atoms with van der Waals surface area (Å²) in [6.45, 7) is 0. The first-order valence-electron chi connectivity index (χ1n) is 1.73. The minimum Gasteiger partial charge on any atom is -0.457 e. The molecule has 0 unspecified atom stereocenters. The van der Waals surface area contributed by atoms with Gasteiger partial charge in [0.15, 0.2) is 0 Å². The van der Waals surface area contributed by atoms with E-state index < -0.39 is 18.2 Å². The molecule has 0 aliphatic heterocycles. The molecule has 0 N–H and O–H groups in total. The number of hydrogen-bond donors (Lipinski definition) is 0. The molecule has 0 radical (unpaired) electrons. The van der Waals surface area contributed by atoms with Crippen LogP contribution in [0.25, 0.3) is 0 Å². The van der Waals surface area contributed by atoms with Crippen LogP contribution in [-0.4, -0.2) is 34.1 Å². The summed E-state index contributed by atoms with van der Waals surface area (Å²) < 4.78 is 25.0. The molecule has 0 aromatic heterocycles. The summed E-state index contributed by atoms with van der Waals surface area (Å²) in [4.78, 5) is 0. The molecule has 0 heterocycles. The van der Waals surface area contributed by atoms with E-state index in [1.165, 1.54) is 6.26 Å². The quantitative estimate of drug-likeness (QED) is 0.410. The van der Waals surface area contributed by atoms with Gasteiger partial charge >= 0.3 is 0 Å². The van der Waals surface area contributed by atoms with E-state index in [-0.39, 0.29) is 0 Å². The summed E-state index contributed by atoms with van der Waals surface area (Å²) in [6, 6.07) is 0. The van der Waals surface area contributed by atoms with Gasteiger partial charge < -0.3 is 4.12 Å². The molecule has 6 heteroatoms. The van der Waals surface area contributed by atoms with Crippen molar-refractivity contribution in [2.75, 3.05) is 6.26 Å². The second-order valence-electron chi connectivity index (χ2n) is 1.33. The average Bonchev–Trinajstić information content (AvgIpc) is 1.30. The first-order chi connectivity index (χ1) is 3.06. The van der Waals surface area contributed by atoms with Crippen molar-refractivity contribution in [1.82, 2.24) is 0 Å². The SMILES string of the molecule is CS(=O)(=O)[SiH2]O[SiH3]. The van der Waals surface area contributed by atoms with Gasteiger partial charge in [0.25, 0.3) is 8.91 Å². The molecule has 0 saturated heterocycles. The third kappa shape index (κ3) is 6.34. The Kier molecular flexibility index (Phi) is 2.73. The van der Waals surface area contributed by atoms with Crippen LogP contribution in [0.5, 0.6) is 0 Å². The largest absolute Gasteiger partial charge is 0.457 e. The maximum atomic E-state index is 10.2. The summed E-state index contributed by atoms with van der Waals surface area (Å²) >= 11 is 0. The Morgan fingerprint density at radius 3 is 2.14 bits per heavy atom. The maximum absolute atomic E-state index is 10.2. The van der Waals surface area contributed by atoms with Crippen molar-refractivity contribution in [3.8, 4) is 0 Å². The number of rotatable bonds is 2. The molecular weight excluding hydrogens is 148 g/mol. The first-order valence-corrected chi connectivity index (χ1v) is 6.91. The zero-order chi connectivity index (χ0) is 5.91. The Bertz CT molecular complexity index is 126. The lowest BCUT2D eigenvalue weighted by molar-refractivity contribution is 0.603. The summed E-state index contributed by atoms with van der Waals surface area (Å²) in [6.07, 6.45) is 1.21. The van der Waals surface area contributed by atoms with Crippen LogP contribution < -0.4 is 0 Å². The molecule has 0 bridgehead atoms. The molecule has 0 amide bonds. The van der Waals surface area contributed by atoms with E-state index in [9.17, 15) is 8.42 Å². The van der Waals surface area contributed by atoms with Crippen LogP contribution in [0.2, 0.25) is 0 Å². The highest BCUT2D eigenvalue weighted by atomic mass is 32.4. The van der Waals surface area contributed by atoms with Gasteiger partial charge in [0.1, 0.15) is 19.8 Å². The minimum atomic E-state index is -2.72. The van der Waals surface area contributed by atoms with E-state index in [0.29, 0.717) is 10.5 Å². The van der Waals surface area contributed by atoms with Crippen molar-refractivity contribution >= 4 is 28.7 Å². The van der Waals surface area contributed by atoms with Gasteiger partial charge in [-0.15, -0.1) is 0 Å². The van der Waals surface area contributed by atoms with Crippen LogP contribution in [0.4, 0.5) is 0 Å². The molecular formula is CH8O3SSi2. The number of hydrogen-bond acceptors (Lipinski definition) is 3. The highest BCUT2D eigenvalue weighted by Crippen LogP contribution is 1.74. The van der Waals surface area contributed by atoms with Gasteiger partial charge in [0.2, 0.25) is 0 Å². The monoisotopic (exact) mass is 156 g/mol. The summed E-state index contributed by atoms with van der Waals surface area (Å²) in [5.41, 5.74) is 0. The first kappa shape index (κ1) is 7.34. The second kappa shape index (κ2) is 2.60. The molecule has 0 aromatic carbocycles. The van der Waals surface area contributed by atoms with Crippen molar-refractivity contribution in [3.05, 3.63) is 0 Å². The Morgan fingerprint density at radius 1 is 1.71 bits per heavy atom. The van der Waals surface area contributed by atoms with E-state index in [0.717, 1.165) is 0 Å². The normalized spacial score (nSPS) is 13.9. The summed E-state index contributed by atoms with van der Waals surface area (Å²) in [5.74, 6) is 0. The van der Waals surface area contributed by atoms with Gasteiger partial charge in [0, 0.05) is 6.26 Å². The van der Waals surface area contributed by atoms with Gasteiger partial charge in [-0.05, 0) is 0 Å². The molecule has 0 aromatic rings. The van der Waals surface area contributed by atoms with Gasteiger partial charge in [-0.1, -0.05) is 0 Å². The van der Waals surface area contributed by atoms with Crippen molar-refractivity contribution < 1.29 is 12.5 Å². The fraction of sp³-hybridized carbons (Fsp3) is 1.00. The molecule has 0 aliphatic carbocycles. The molecule has 3 nitrogen and oxygen atoms in total. The van der Waals surface area contributed by atoms with Crippen LogP contribution in [-0.2, 0) is 13.4 Å². The van der Waals surface area contributed by atoms with E-state index in [1.54, 1.807) is 0 Å². The Hall–Kier alpha value is 0.344. The zero-order valence-corrected chi connectivity index (χ0v) is 8.57. The Balaban J connectivity index is 3.60. The van der Waals surface area contributed by atoms with Crippen LogP contribution >= 0.6 is 0 Å². The van der Waals surface area contributed by atoms with Crippen LogP contribution in [0.3, 0.4) is 0 Å². The third-order valence-electron chi connectivity index (χ3n) is 0.332. The third-order valence-corrected chi connectivity index (χ3v) is 5.11. The summed E-state index contributed by atoms with van der Waals surface area (Å²) in [5, 5.41) is 0. The van der Waals surface area contributed by atoms with Crippen LogP contribution in [0.1, 0.15) is 0 Å². The van der Waals surface area contributed by atoms with E-state index in [1.807, 2.05) is 0 Å². The lowest BCUT2D eigenvalue weighted by Crippen LogP contribution is -2.09. The fourth-order valence-electron chi connectivity index (χ4n) is 0.214. The topological polar surface area (TPSA) is 43.4 Å². The average molecular weight is 156 g/mol. The van der Waals surface area contributed by atoms with Crippen LogP contribution in [0, 0.1) is 0 Å². The molecule has 0 spiro atoms. The van der Waals surface area contributed by atoms with Crippen molar-refractivity contribution in [3.63, 3.8) is 0 Å². The molecule has 0 fully saturated rings. The van der Waals surface area contributed by atoms with E-state index in [2.05, 4.69) is 4.12 Å². The Labute approximate surface area is 48.1 Å². The molecule has 44 valence electrons. The van der Waals surface area contributed by atoms with Gasteiger partial charge in [-0.25, -0.2) is 8.42 Å². The lowest BCUT2D eigenvalue weighted by atomic mass is 12.0. The molecule has 0 saturated carbocycles. The highest BCUT2D eigenvalue weighted by molar-refractivity contribution is 8.14. The maximum Gasteiger partial charge on any atom is 0.286 e.